The van der Waals surface area contributed by atoms with Crippen LogP contribution in [0.1, 0.15) is 41.6 Å². The van der Waals surface area contributed by atoms with Crippen molar-refractivity contribution in [1.29, 1.82) is 0 Å². The standard InChI is InChI=1S/C18H26N4O2/c1-13-6-8-19-11-15(13)18(24)22-9-3-4-14(12-22)10-21-17(23)16-5-2-7-20-16/h6,8,11,14,16,20H,2-5,7,9-10,12H2,1H3,(H,21,23). The number of aromatic nitrogens is 1. The number of pyridine rings is 1. The molecule has 6 heteroatoms. The lowest BCUT2D eigenvalue weighted by molar-refractivity contribution is -0.123. The lowest BCUT2D eigenvalue weighted by Gasteiger charge is -2.33. The van der Waals surface area contributed by atoms with Gasteiger partial charge in [0.2, 0.25) is 5.91 Å². The maximum atomic E-state index is 12.7. The molecule has 2 atom stereocenters. The summed E-state index contributed by atoms with van der Waals surface area (Å²) in [6, 6.07) is 1.83. The molecule has 0 spiro atoms. The van der Waals surface area contributed by atoms with E-state index in [1.165, 1.54) is 0 Å². The van der Waals surface area contributed by atoms with Gasteiger partial charge in [0.1, 0.15) is 0 Å². The molecule has 2 amide bonds. The highest BCUT2D eigenvalue weighted by Gasteiger charge is 2.27. The van der Waals surface area contributed by atoms with E-state index >= 15 is 0 Å². The van der Waals surface area contributed by atoms with Crippen LogP contribution < -0.4 is 10.6 Å². The number of piperidine rings is 1. The minimum Gasteiger partial charge on any atom is -0.354 e. The van der Waals surface area contributed by atoms with Gasteiger partial charge in [-0.25, -0.2) is 0 Å². The van der Waals surface area contributed by atoms with E-state index in [2.05, 4.69) is 15.6 Å². The van der Waals surface area contributed by atoms with Gasteiger partial charge in [-0.15, -0.1) is 0 Å². The van der Waals surface area contributed by atoms with E-state index in [4.69, 9.17) is 0 Å². The zero-order chi connectivity index (χ0) is 16.9. The largest absolute Gasteiger partial charge is 0.354 e. The molecule has 0 saturated carbocycles. The molecular weight excluding hydrogens is 304 g/mol. The Labute approximate surface area is 143 Å². The summed E-state index contributed by atoms with van der Waals surface area (Å²) < 4.78 is 0. The van der Waals surface area contributed by atoms with Gasteiger partial charge in [0, 0.05) is 32.0 Å². The second kappa shape index (κ2) is 7.75. The molecule has 2 fully saturated rings. The van der Waals surface area contributed by atoms with Crippen LogP contribution in [0, 0.1) is 12.8 Å². The molecule has 2 aliphatic rings. The fourth-order valence-electron chi connectivity index (χ4n) is 3.55. The number of rotatable bonds is 4. The number of hydrogen-bond donors (Lipinski definition) is 2. The highest BCUT2D eigenvalue weighted by molar-refractivity contribution is 5.95. The van der Waals surface area contributed by atoms with E-state index < -0.39 is 0 Å². The van der Waals surface area contributed by atoms with Gasteiger partial charge in [0.25, 0.3) is 5.91 Å². The maximum Gasteiger partial charge on any atom is 0.255 e. The number of likely N-dealkylation sites (tertiary alicyclic amines) is 1. The summed E-state index contributed by atoms with van der Waals surface area (Å²) in [6.45, 7) is 4.99. The number of amides is 2. The molecule has 6 nitrogen and oxygen atoms in total. The van der Waals surface area contributed by atoms with Crippen LogP contribution in [0.15, 0.2) is 18.5 Å². The van der Waals surface area contributed by atoms with E-state index in [1.54, 1.807) is 12.4 Å². The Morgan fingerprint density at radius 1 is 1.38 bits per heavy atom. The van der Waals surface area contributed by atoms with Crippen molar-refractivity contribution in [1.82, 2.24) is 20.5 Å². The third-order valence-corrected chi connectivity index (χ3v) is 5.02. The van der Waals surface area contributed by atoms with Gasteiger partial charge in [-0.1, -0.05) is 0 Å². The fourth-order valence-corrected chi connectivity index (χ4v) is 3.55. The van der Waals surface area contributed by atoms with Crippen LogP contribution in [-0.2, 0) is 4.79 Å². The summed E-state index contributed by atoms with van der Waals surface area (Å²) in [5.74, 6) is 0.471. The SMILES string of the molecule is Cc1ccncc1C(=O)N1CCCC(CNC(=O)C2CCCN2)C1. The Kier molecular flexibility index (Phi) is 5.45. The van der Waals surface area contributed by atoms with Crippen molar-refractivity contribution in [2.75, 3.05) is 26.2 Å². The topological polar surface area (TPSA) is 74.3 Å². The number of nitrogens with zero attached hydrogens (tertiary/aromatic N) is 2. The minimum atomic E-state index is -0.0376. The van der Waals surface area contributed by atoms with Gasteiger partial charge in [-0.05, 0) is 56.7 Å². The van der Waals surface area contributed by atoms with Crippen molar-refractivity contribution in [2.24, 2.45) is 5.92 Å². The predicted molar refractivity (Wildman–Crippen MR) is 91.6 cm³/mol. The second-order valence-corrected chi connectivity index (χ2v) is 6.84. The summed E-state index contributed by atoms with van der Waals surface area (Å²) in [7, 11) is 0. The summed E-state index contributed by atoms with van der Waals surface area (Å²) >= 11 is 0. The number of nitrogens with one attached hydrogen (secondary N) is 2. The Morgan fingerprint density at radius 3 is 3.00 bits per heavy atom. The monoisotopic (exact) mass is 330 g/mol. The Balaban J connectivity index is 1.53. The number of carbonyl (C=O) groups is 2. The lowest BCUT2D eigenvalue weighted by Crippen LogP contribution is -2.46. The number of aryl methyl sites for hydroxylation is 1. The van der Waals surface area contributed by atoms with E-state index in [0.717, 1.165) is 44.3 Å². The first kappa shape index (κ1) is 16.9. The molecule has 2 N–H and O–H groups in total. The Bertz CT molecular complexity index is 598. The second-order valence-electron chi connectivity index (χ2n) is 6.84. The zero-order valence-corrected chi connectivity index (χ0v) is 14.3. The first-order valence-corrected chi connectivity index (χ1v) is 8.86. The van der Waals surface area contributed by atoms with Crippen molar-refractivity contribution >= 4 is 11.8 Å². The van der Waals surface area contributed by atoms with E-state index in [0.29, 0.717) is 24.6 Å². The third kappa shape index (κ3) is 3.93. The Morgan fingerprint density at radius 2 is 2.25 bits per heavy atom. The highest BCUT2D eigenvalue weighted by atomic mass is 16.2. The van der Waals surface area contributed by atoms with Crippen LogP contribution in [0.4, 0.5) is 0 Å². The molecule has 2 unspecified atom stereocenters. The zero-order valence-electron chi connectivity index (χ0n) is 14.3. The van der Waals surface area contributed by atoms with Gasteiger partial charge in [-0.2, -0.15) is 0 Å². The average molecular weight is 330 g/mol. The third-order valence-electron chi connectivity index (χ3n) is 5.02. The molecule has 1 aromatic rings. The van der Waals surface area contributed by atoms with Crippen LogP contribution in [0.2, 0.25) is 0 Å². The molecule has 0 aliphatic carbocycles. The smallest absolute Gasteiger partial charge is 0.255 e. The molecule has 0 aromatic carbocycles. The normalized spacial score (nSPS) is 24.0. The molecule has 0 bridgehead atoms. The lowest BCUT2D eigenvalue weighted by atomic mass is 9.97. The van der Waals surface area contributed by atoms with Crippen LogP contribution in [0.3, 0.4) is 0 Å². The van der Waals surface area contributed by atoms with Crippen LogP contribution in [-0.4, -0.2) is 53.9 Å². The van der Waals surface area contributed by atoms with Gasteiger partial charge in [0.05, 0.1) is 11.6 Å². The van der Waals surface area contributed by atoms with Crippen molar-refractivity contribution < 1.29 is 9.59 Å². The first-order valence-electron chi connectivity index (χ1n) is 8.86. The van der Waals surface area contributed by atoms with Crippen LogP contribution in [0.25, 0.3) is 0 Å². The van der Waals surface area contributed by atoms with Crippen molar-refractivity contribution in [3.05, 3.63) is 29.6 Å². The maximum absolute atomic E-state index is 12.7. The summed E-state index contributed by atoms with van der Waals surface area (Å²) in [6.07, 6.45) is 7.36. The fraction of sp³-hybridized carbons (Fsp3) is 0.611. The molecule has 2 aliphatic heterocycles. The molecule has 2 saturated heterocycles. The predicted octanol–water partition coefficient (Wildman–Crippen LogP) is 1.11. The van der Waals surface area contributed by atoms with Gasteiger partial charge in [0.15, 0.2) is 0 Å². The summed E-state index contributed by atoms with van der Waals surface area (Å²) in [5, 5.41) is 6.27. The molecule has 0 radical (unpaired) electrons. The molecule has 24 heavy (non-hydrogen) atoms. The van der Waals surface area contributed by atoms with E-state index in [-0.39, 0.29) is 17.9 Å². The Hall–Kier alpha value is -1.95. The van der Waals surface area contributed by atoms with Gasteiger partial charge >= 0.3 is 0 Å². The van der Waals surface area contributed by atoms with E-state index in [1.807, 2.05) is 17.9 Å². The van der Waals surface area contributed by atoms with Gasteiger partial charge in [-0.3, -0.25) is 14.6 Å². The van der Waals surface area contributed by atoms with Crippen molar-refractivity contribution in [3.63, 3.8) is 0 Å². The van der Waals surface area contributed by atoms with Crippen molar-refractivity contribution in [2.45, 2.75) is 38.6 Å². The highest BCUT2D eigenvalue weighted by Crippen LogP contribution is 2.19. The molecule has 3 rings (SSSR count). The first-order chi connectivity index (χ1) is 11.6. The van der Waals surface area contributed by atoms with Crippen LogP contribution >= 0.6 is 0 Å². The molecule has 1 aromatic heterocycles. The van der Waals surface area contributed by atoms with Gasteiger partial charge < -0.3 is 15.5 Å². The average Bonchev–Trinajstić information content (AvgIpc) is 3.14. The number of hydrogen-bond acceptors (Lipinski definition) is 4. The number of carbonyl (C=O) groups excluding carboxylic acids is 2. The quantitative estimate of drug-likeness (QED) is 0.867. The molecule has 130 valence electrons. The van der Waals surface area contributed by atoms with Crippen LogP contribution in [0.5, 0.6) is 0 Å². The van der Waals surface area contributed by atoms with Crippen molar-refractivity contribution in [3.8, 4) is 0 Å². The summed E-state index contributed by atoms with van der Waals surface area (Å²) in [5.41, 5.74) is 1.63. The summed E-state index contributed by atoms with van der Waals surface area (Å²) in [4.78, 5) is 30.8. The molecule has 3 heterocycles. The minimum absolute atomic E-state index is 0.0376. The molecular formula is C18H26N4O2. The van der Waals surface area contributed by atoms with E-state index in [9.17, 15) is 9.59 Å².